The van der Waals surface area contributed by atoms with E-state index in [9.17, 15) is 46.8 Å². The summed E-state index contributed by atoms with van der Waals surface area (Å²) in [6, 6.07) is 11.6. The fourth-order valence-corrected chi connectivity index (χ4v) is 9.96. The molecule has 5 rings (SSSR count). The van der Waals surface area contributed by atoms with Gasteiger partial charge in [-0.15, -0.1) is 5.10 Å². The average molecular weight is 656 g/mol. The molecule has 0 spiro atoms. The normalized spacial score (nSPS) is 25.1. The van der Waals surface area contributed by atoms with Crippen LogP contribution in [0.4, 0.5) is 26.3 Å². The second kappa shape index (κ2) is 12.4. The van der Waals surface area contributed by atoms with E-state index in [1.54, 1.807) is 31.2 Å². The van der Waals surface area contributed by atoms with Gasteiger partial charge in [0.15, 0.2) is 17.5 Å². The van der Waals surface area contributed by atoms with Crippen LogP contribution in [0.5, 0.6) is 0 Å². The summed E-state index contributed by atoms with van der Waals surface area (Å²) >= 11 is 0. The highest BCUT2D eigenvalue weighted by Gasteiger charge is 2.52. The monoisotopic (exact) mass is 655 g/mol. The van der Waals surface area contributed by atoms with Gasteiger partial charge < -0.3 is 20.4 Å². The highest BCUT2D eigenvalue weighted by atomic mass is 32.2. The predicted octanol–water partition coefficient (Wildman–Crippen LogP) is 4.98. The molecule has 1 fully saturated rings. The molecule has 1 aliphatic rings. The van der Waals surface area contributed by atoms with Crippen molar-refractivity contribution in [3.63, 3.8) is 0 Å². The molecule has 1 unspecified atom stereocenters. The molecule has 0 bridgehead atoms. The molecule has 0 amide bonds. The Balaban J connectivity index is 1.59. The van der Waals surface area contributed by atoms with E-state index >= 15 is 0 Å². The van der Waals surface area contributed by atoms with E-state index in [0.29, 0.717) is 23.3 Å². The topological polar surface area (TPSA) is 112 Å². The van der Waals surface area contributed by atoms with E-state index in [2.05, 4.69) is 10.3 Å². The molecule has 242 valence electrons. The Morgan fingerprint density at radius 1 is 0.978 bits per heavy atom. The van der Waals surface area contributed by atoms with Crippen molar-refractivity contribution >= 4 is 10.9 Å². The lowest BCUT2D eigenvalue weighted by molar-refractivity contribution is -0.138. The van der Waals surface area contributed by atoms with Gasteiger partial charge in [0.05, 0.1) is 30.6 Å². The van der Waals surface area contributed by atoms with Gasteiger partial charge in [0.1, 0.15) is 17.3 Å². The molecule has 4 aromatic rings. The zero-order chi connectivity index (χ0) is 32.8. The third-order valence-electron chi connectivity index (χ3n) is 8.36. The summed E-state index contributed by atoms with van der Waals surface area (Å²) in [7, 11) is -2.01. The van der Waals surface area contributed by atoms with Gasteiger partial charge in [-0.2, -0.15) is 13.2 Å². The van der Waals surface area contributed by atoms with Gasteiger partial charge in [-0.3, -0.25) is 0 Å². The van der Waals surface area contributed by atoms with Crippen molar-refractivity contribution < 1.29 is 46.8 Å². The number of aliphatic hydroxyl groups excluding tert-OH is 3. The Morgan fingerprint density at radius 3 is 2.18 bits per heavy atom. The summed E-state index contributed by atoms with van der Waals surface area (Å²) in [4.78, 5) is 0. The van der Waals surface area contributed by atoms with E-state index < -0.39 is 81.0 Å². The number of aryl methyl sites for hydroxylation is 1. The maximum Gasteiger partial charge on any atom is 0.416 e. The van der Waals surface area contributed by atoms with E-state index in [4.69, 9.17) is 0 Å². The molecular weight excluding hydrogens is 624 g/mol. The molecule has 2 heterocycles. The lowest BCUT2D eigenvalue weighted by Crippen LogP contribution is -2.52. The van der Waals surface area contributed by atoms with Crippen LogP contribution in [-0.4, -0.2) is 65.2 Å². The second-order valence-electron chi connectivity index (χ2n) is 11.3. The number of aromatic nitrogens is 3. The Kier molecular flexibility index (Phi) is 9.08. The first-order valence-electron chi connectivity index (χ1n) is 13.9. The molecule has 0 saturated carbocycles. The highest BCUT2D eigenvalue weighted by Crippen LogP contribution is 2.61. The lowest BCUT2D eigenvalue weighted by atomic mass is 9.84. The Labute approximate surface area is 257 Å². The Bertz CT molecular complexity index is 1660. The fraction of sp³-hybridized carbons (Fsp3) is 0.355. The standard InChI is InChI=1S/C31H31F6N3O4S/c1-16-7-3-5-9-19(16)30(2,44)29(18-8-4-6-10-20(18)31(35,36)37)45-15-24(42)27(28(43)25(45)14-41)40-13-23(38-39-40)17-11-21(32)26(34)22(33)12-17/h3-13,24-25,27-29,41-45H,14-15H2,1-2H3/t24-,25+,27-,28-,29+,30+/m0/s1. The zero-order valence-electron chi connectivity index (χ0n) is 24.0. The molecule has 1 aliphatic heterocycles. The second-order valence-corrected chi connectivity index (χ2v) is 13.9. The van der Waals surface area contributed by atoms with Crippen LogP contribution < -0.4 is 0 Å². The molecule has 7 atom stereocenters. The summed E-state index contributed by atoms with van der Waals surface area (Å²) < 4.78 is 85.3. The van der Waals surface area contributed by atoms with Crippen molar-refractivity contribution in [3.8, 4) is 11.3 Å². The first-order chi connectivity index (χ1) is 21.2. The van der Waals surface area contributed by atoms with E-state index in [0.717, 1.165) is 10.7 Å². The molecule has 0 radical (unpaired) electrons. The minimum atomic E-state index is -4.80. The number of nitrogens with zero attached hydrogens (tertiary/aromatic N) is 3. The lowest BCUT2D eigenvalue weighted by Gasteiger charge is -2.52. The zero-order valence-corrected chi connectivity index (χ0v) is 24.9. The molecule has 7 nitrogen and oxygen atoms in total. The predicted molar refractivity (Wildman–Crippen MR) is 156 cm³/mol. The number of aliphatic hydroxyl groups is 4. The van der Waals surface area contributed by atoms with Gasteiger partial charge in [-0.05, 0) is 48.7 Å². The number of alkyl halides is 3. The van der Waals surface area contributed by atoms with Crippen molar-refractivity contribution in [2.45, 2.75) is 54.4 Å². The molecule has 3 aromatic carbocycles. The minimum Gasteiger partial charge on any atom is -0.395 e. The first kappa shape index (κ1) is 32.9. The van der Waals surface area contributed by atoms with Crippen molar-refractivity contribution in [1.29, 1.82) is 0 Å². The van der Waals surface area contributed by atoms with Gasteiger partial charge in [-0.1, -0.05) is 47.7 Å². The molecule has 1 aromatic heterocycles. The van der Waals surface area contributed by atoms with E-state index in [1.807, 2.05) is 0 Å². The smallest absolute Gasteiger partial charge is 0.395 e. The largest absolute Gasteiger partial charge is 0.416 e. The number of benzene rings is 3. The van der Waals surface area contributed by atoms with E-state index in [1.165, 1.54) is 31.3 Å². The molecule has 4 N–H and O–H groups in total. The molecule has 45 heavy (non-hydrogen) atoms. The number of halogens is 6. The van der Waals surface area contributed by atoms with Crippen LogP contribution in [0, 0.1) is 24.4 Å². The van der Waals surface area contributed by atoms with Crippen LogP contribution in [-0.2, 0) is 11.8 Å². The maximum absolute atomic E-state index is 14.4. The van der Waals surface area contributed by atoms with Crippen LogP contribution >= 0.6 is 10.9 Å². The van der Waals surface area contributed by atoms with Crippen LogP contribution in [0.15, 0.2) is 66.9 Å². The van der Waals surface area contributed by atoms with Crippen LogP contribution in [0.3, 0.4) is 0 Å². The van der Waals surface area contributed by atoms with Gasteiger partial charge >= 0.3 is 6.18 Å². The maximum atomic E-state index is 14.4. The summed E-state index contributed by atoms with van der Waals surface area (Å²) in [6.45, 7) is 2.38. The third kappa shape index (κ3) is 6.09. The van der Waals surface area contributed by atoms with Gasteiger partial charge in [-0.25, -0.2) is 28.7 Å². The average Bonchev–Trinajstić information content (AvgIpc) is 3.45. The Morgan fingerprint density at radius 2 is 1.58 bits per heavy atom. The summed E-state index contributed by atoms with van der Waals surface area (Å²) in [5.74, 6) is -4.83. The molecular formula is C31H31F6N3O4S. The highest BCUT2D eigenvalue weighted by molar-refractivity contribution is 8.18. The number of hydrogen-bond donors (Lipinski definition) is 5. The van der Waals surface area contributed by atoms with Gasteiger partial charge in [0.25, 0.3) is 0 Å². The molecule has 14 heteroatoms. The molecule has 1 saturated heterocycles. The first-order valence-corrected chi connectivity index (χ1v) is 15.6. The number of hydrogen-bond acceptors (Lipinski definition) is 6. The number of rotatable bonds is 7. The van der Waals surface area contributed by atoms with Crippen molar-refractivity contribution in [1.82, 2.24) is 15.0 Å². The van der Waals surface area contributed by atoms with Crippen molar-refractivity contribution in [2.24, 2.45) is 0 Å². The molecule has 0 aliphatic carbocycles. The van der Waals surface area contributed by atoms with Crippen molar-refractivity contribution in [2.75, 3.05) is 12.4 Å². The Hall–Kier alpha value is -3.43. The van der Waals surface area contributed by atoms with Crippen LogP contribution in [0.2, 0.25) is 0 Å². The number of thiol groups is 1. The fourth-order valence-electron chi connectivity index (χ4n) is 6.30. The van der Waals surface area contributed by atoms with Crippen LogP contribution in [0.25, 0.3) is 11.3 Å². The SMILES string of the molecule is Cc1ccccc1[C@@](C)(O)[C@@H](c1ccccc1C(F)(F)F)[SH]1C[C@H](O)[C@H](n2cc(-c3cc(F)c(F)c(F)c3)nn2)[C@@H](O)[C@H]1CO. The summed E-state index contributed by atoms with van der Waals surface area (Å²) in [5, 5.41) is 51.0. The van der Waals surface area contributed by atoms with Crippen molar-refractivity contribution in [3.05, 3.63) is 107 Å². The minimum absolute atomic E-state index is 0.111. The summed E-state index contributed by atoms with van der Waals surface area (Å²) in [6.07, 6.45) is -6.69. The van der Waals surface area contributed by atoms with Gasteiger partial charge in [0, 0.05) is 21.8 Å². The summed E-state index contributed by atoms with van der Waals surface area (Å²) in [5.41, 5.74) is -2.52. The third-order valence-corrected chi connectivity index (χ3v) is 11.9. The van der Waals surface area contributed by atoms with Gasteiger partial charge in [0.2, 0.25) is 0 Å². The van der Waals surface area contributed by atoms with E-state index in [-0.39, 0.29) is 22.6 Å². The van der Waals surface area contributed by atoms with Crippen LogP contribution in [0.1, 0.15) is 40.5 Å². The quantitative estimate of drug-likeness (QED) is 0.109.